The molecule has 0 radical (unpaired) electrons. The van der Waals surface area contributed by atoms with Crippen LogP contribution in [0.1, 0.15) is 11.1 Å². The fourth-order valence-electron chi connectivity index (χ4n) is 2.36. The van der Waals surface area contributed by atoms with E-state index in [0.29, 0.717) is 5.56 Å². The van der Waals surface area contributed by atoms with Crippen LogP contribution >= 0.6 is 0 Å². The molecule has 0 aliphatic heterocycles. The van der Waals surface area contributed by atoms with Gasteiger partial charge in [-0.15, -0.1) is 0 Å². The van der Waals surface area contributed by atoms with Crippen molar-refractivity contribution < 1.29 is 18.0 Å². The van der Waals surface area contributed by atoms with Gasteiger partial charge < -0.3 is 26.6 Å². The van der Waals surface area contributed by atoms with E-state index >= 15 is 0 Å². The standard InChI is InChI=1S/C17H22N6O5S/c18-17(19)22-28-9-8-20-14(24)10-13-6-7-21-16(25)15(13)23-29(26,27)11-12-4-2-1-3-5-12/h1-7,23H,8-11H2,(H,20,24)(H,21,25)(H4,18,19,22). The maximum Gasteiger partial charge on any atom is 0.272 e. The molecule has 1 amide bonds. The molecular weight excluding hydrogens is 400 g/mol. The number of sulfonamides is 1. The molecule has 0 fully saturated rings. The maximum atomic E-state index is 12.4. The Morgan fingerprint density at radius 1 is 1.17 bits per heavy atom. The number of aromatic amines is 1. The monoisotopic (exact) mass is 422 g/mol. The Bertz CT molecular complexity index is 1020. The highest BCUT2D eigenvalue weighted by molar-refractivity contribution is 7.91. The number of amides is 1. The zero-order valence-corrected chi connectivity index (χ0v) is 16.2. The van der Waals surface area contributed by atoms with E-state index in [1.165, 1.54) is 12.3 Å². The van der Waals surface area contributed by atoms with Gasteiger partial charge in [0.2, 0.25) is 21.9 Å². The molecule has 2 aromatic rings. The Morgan fingerprint density at radius 2 is 1.90 bits per heavy atom. The largest absolute Gasteiger partial charge is 0.391 e. The van der Waals surface area contributed by atoms with E-state index in [0.717, 1.165) is 0 Å². The fraction of sp³-hybridized carbons (Fsp3) is 0.235. The number of anilines is 1. The average Bonchev–Trinajstić information content (AvgIpc) is 2.64. The van der Waals surface area contributed by atoms with E-state index < -0.39 is 21.5 Å². The second-order valence-electron chi connectivity index (χ2n) is 5.93. The summed E-state index contributed by atoms with van der Waals surface area (Å²) >= 11 is 0. The van der Waals surface area contributed by atoms with Crippen molar-refractivity contribution in [3.63, 3.8) is 0 Å². The first-order valence-electron chi connectivity index (χ1n) is 8.49. The maximum absolute atomic E-state index is 12.4. The molecule has 11 nitrogen and oxygen atoms in total. The topological polar surface area (TPSA) is 182 Å². The second-order valence-corrected chi connectivity index (χ2v) is 7.65. The molecule has 0 atom stereocenters. The number of benzene rings is 1. The molecule has 0 unspecified atom stereocenters. The lowest BCUT2D eigenvalue weighted by Gasteiger charge is -2.12. The van der Waals surface area contributed by atoms with Crippen LogP contribution in [0.3, 0.4) is 0 Å². The number of guanidine groups is 1. The number of hydrogen-bond donors (Lipinski definition) is 5. The summed E-state index contributed by atoms with van der Waals surface area (Å²) in [6.07, 6.45) is 1.12. The Kier molecular flexibility index (Phi) is 7.60. The number of hydrogen-bond acceptors (Lipinski definition) is 6. The molecule has 1 aromatic heterocycles. The number of aromatic nitrogens is 1. The van der Waals surface area contributed by atoms with E-state index in [4.69, 9.17) is 16.3 Å². The smallest absolute Gasteiger partial charge is 0.272 e. The molecule has 12 heteroatoms. The Hall–Kier alpha value is -3.54. The van der Waals surface area contributed by atoms with Crippen LogP contribution in [0.2, 0.25) is 0 Å². The molecule has 0 aliphatic rings. The summed E-state index contributed by atoms with van der Waals surface area (Å²) in [5.74, 6) is -0.990. The van der Waals surface area contributed by atoms with Gasteiger partial charge in [0.05, 0.1) is 18.7 Å². The number of nitrogens with one attached hydrogen (secondary N) is 3. The van der Waals surface area contributed by atoms with E-state index in [1.807, 2.05) is 0 Å². The molecule has 2 rings (SSSR count). The minimum absolute atomic E-state index is 0.0373. The lowest BCUT2D eigenvalue weighted by molar-refractivity contribution is -0.120. The van der Waals surface area contributed by atoms with Crippen molar-refractivity contribution in [1.29, 1.82) is 0 Å². The van der Waals surface area contributed by atoms with Crippen LogP contribution in [0, 0.1) is 0 Å². The molecular formula is C17H22N6O5S. The molecule has 1 aromatic carbocycles. The number of pyridine rings is 1. The van der Waals surface area contributed by atoms with Crippen LogP contribution < -0.4 is 27.1 Å². The second kappa shape index (κ2) is 10.1. The number of nitrogens with zero attached hydrogens (tertiary/aromatic N) is 1. The summed E-state index contributed by atoms with van der Waals surface area (Å²) in [7, 11) is -3.86. The van der Waals surface area contributed by atoms with Crippen molar-refractivity contribution in [1.82, 2.24) is 10.3 Å². The minimum Gasteiger partial charge on any atom is -0.391 e. The highest BCUT2D eigenvalue weighted by Gasteiger charge is 2.18. The van der Waals surface area contributed by atoms with Crippen LogP contribution in [0.15, 0.2) is 52.5 Å². The summed E-state index contributed by atoms with van der Waals surface area (Å²) in [6, 6.07) is 9.97. The van der Waals surface area contributed by atoms with E-state index in [1.54, 1.807) is 30.3 Å². The van der Waals surface area contributed by atoms with Gasteiger partial charge >= 0.3 is 0 Å². The number of H-pyrrole nitrogens is 1. The highest BCUT2D eigenvalue weighted by Crippen LogP contribution is 2.14. The van der Waals surface area contributed by atoms with Gasteiger partial charge in [-0.05, 0) is 22.3 Å². The van der Waals surface area contributed by atoms with Crippen molar-refractivity contribution in [2.75, 3.05) is 17.9 Å². The third-order valence-electron chi connectivity index (χ3n) is 3.54. The lowest BCUT2D eigenvalue weighted by Crippen LogP contribution is -2.30. The zero-order chi connectivity index (χ0) is 21.3. The van der Waals surface area contributed by atoms with E-state index in [-0.39, 0.29) is 42.5 Å². The normalized spacial score (nSPS) is 10.8. The molecule has 0 spiro atoms. The van der Waals surface area contributed by atoms with Crippen LogP contribution in [0.4, 0.5) is 5.69 Å². The van der Waals surface area contributed by atoms with Crippen molar-refractivity contribution in [3.05, 3.63) is 64.1 Å². The quantitative estimate of drug-likeness (QED) is 0.143. The van der Waals surface area contributed by atoms with Crippen LogP contribution in [-0.4, -0.2) is 38.4 Å². The Labute approximate surface area is 167 Å². The van der Waals surface area contributed by atoms with Crippen LogP contribution in [0.5, 0.6) is 0 Å². The molecule has 1 heterocycles. The van der Waals surface area contributed by atoms with Gasteiger partial charge in [-0.3, -0.25) is 14.3 Å². The average molecular weight is 422 g/mol. The summed E-state index contributed by atoms with van der Waals surface area (Å²) in [5, 5.41) is 5.85. The summed E-state index contributed by atoms with van der Waals surface area (Å²) < 4.78 is 27.2. The zero-order valence-electron chi connectivity index (χ0n) is 15.4. The minimum atomic E-state index is -3.86. The van der Waals surface area contributed by atoms with Gasteiger partial charge in [-0.1, -0.05) is 30.3 Å². The third-order valence-corrected chi connectivity index (χ3v) is 4.77. The fourth-order valence-corrected chi connectivity index (χ4v) is 3.59. The van der Waals surface area contributed by atoms with Gasteiger partial charge in [0.1, 0.15) is 12.3 Å². The number of rotatable bonds is 10. The van der Waals surface area contributed by atoms with Crippen molar-refractivity contribution >= 4 is 27.6 Å². The Morgan fingerprint density at radius 3 is 2.59 bits per heavy atom. The molecule has 0 saturated carbocycles. The number of carbonyl (C=O) groups excluding carboxylic acids is 1. The molecule has 29 heavy (non-hydrogen) atoms. The summed E-state index contributed by atoms with van der Waals surface area (Å²) in [4.78, 5) is 31.4. The van der Waals surface area contributed by atoms with Crippen molar-refractivity contribution in [2.45, 2.75) is 12.2 Å². The SMILES string of the molecule is NC(N)=NOCCNC(=O)Cc1cc[nH]c(=O)c1NS(=O)(=O)Cc1ccccc1. The first-order chi connectivity index (χ1) is 13.8. The number of oxime groups is 1. The molecule has 0 saturated heterocycles. The van der Waals surface area contributed by atoms with E-state index in [9.17, 15) is 18.0 Å². The summed E-state index contributed by atoms with van der Waals surface area (Å²) in [5.41, 5.74) is 10.1. The van der Waals surface area contributed by atoms with Gasteiger partial charge in [-0.2, -0.15) is 0 Å². The van der Waals surface area contributed by atoms with Crippen molar-refractivity contribution in [3.8, 4) is 0 Å². The number of carbonyl (C=O) groups is 1. The van der Waals surface area contributed by atoms with Gasteiger partial charge in [0.25, 0.3) is 5.56 Å². The van der Waals surface area contributed by atoms with Crippen LogP contribution in [-0.2, 0) is 31.8 Å². The van der Waals surface area contributed by atoms with Gasteiger partial charge in [0.15, 0.2) is 0 Å². The van der Waals surface area contributed by atoms with Crippen molar-refractivity contribution in [2.24, 2.45) is 16.6 Å². The lowest BCUT2D eigenvalue weighted by atomic mass is 10.1. The predicted octanol–water partition coefficient (Wildman–Crippen LogP) is -0.819. The Balaban J connectivity index is 2.03. The van der Waals surface area contributed by atoms with E-state index in [2.05, 4.69) is 20.2 Å². The third kappa shape index (κ3) is 7.54. The first kappa shape index (κ1) is 21.8. The van der Waals surface area contributed by atoms with Crippen LogP contribution in [0.25, 0.3) is 0 Å². The molecule has 156 valence electrons. The number of nitrogens with two attached hydrogens (primary N) is 2. The molecule has 0 bridgehead atoms. The first-order valence-corrected chi connectivity index (χ1v) is 10.1. The predicted molar refractivity (Wildman–Crippen MR) is 108 cm³/mol. The van der Waals surface area contributed by atoms with Gasteiger partial charge in [-0.25, -0.2) is 8.42 Å². The highest BCUT2D eigenvalue weighted by atomic mass is 32.2. The molecule has 0 aliphatic carbocycles. The molecule has 7 N–H and O–H groups in total. The van der Waals surface area contributed by atoms with Gasteiger partial charge in [0, 0.05) is 6.20 Å². The summed E-state index contributed by atoms with van der Waals surface area (Å²) in [6.45, 7) is 0.156.